The zero-order chi connectivity index (χ0) is 8.81. The molecule has 1 rings (SSSR count). The maximum atomic E-state index is 5.32. The van der Waals surface area contributed by atoms with Crippen LogP contribution in [0.5, 0.6) is 0 Å². The summed E-state index contributed by atoms with van der Waals surface area (Å²) in [4.78, 5) is 0. The van der Waals surface area contributed by atoms with E-state index in [4.69, 9.17) is 4.74 Å². The first kappa shape index (κ1) is 9.27. The van der Waals surface area contributed by atoms with Crippen molar-refractivity contribution in [1.29, 1.82) is 0 Å². The van der Waals surface area contributed by atoms with Crippen LogP contribution in [0.25, 0.3) is 0 Å². The molecular weight excluding hydrogens is 148 g/mol. The molecule has 0 bridgehead atoms. The van der Waals surface area contributed by atoms with E-state index in [0.717, 1.165) is 19.6 Å². The maximum absolute atomic E-state index is 5.32. The minimum Gasteiger partial charge on any atom is -0.377 e. The van der Waals surface area contributed by atoms with E-state index < -0.39 is 0 Å². The summed E-state index contributed by atoms with van der Waals surface area (Å²) in [5.74, 6) is 0. The molecule has 0 atom stereocenters. The lowest BCUT2D eigenvalue weighted by Gasteiger charge is -2.03. The largest absolute Gasteiger partial charge is 0.377 e. The molecule has 0 aliphatic heterocycles. The van der Waals surface area contributed by atoms with Crippen molar-refractivity contribution >= 4 is 0 Å². The molecule has 0 N–H and O–H groups in total. The molecule has 0 heterocycles. The SMILES string of the molecule is CCOCc1cccc(CC)c1. The quantitative estimate of drug-likeness (QED) is 0.665. The minimum atomic E-state index is 0.740. The van der Waals surface area contributed by atoms with Gasteiger partial charge in [0.15, 0.2) is 0 Å². The van der Waals surface area contributed by atoms with E-state index in [1.165, 1.54) is 11.1 Å². The average molecular weight is 164 g/mol. The highest BCUT2D eigenvalue weighted by Gasteiger charge is 1.93. The van der Waals surface area contributed by atoms with Crippen LogP contribution in [0.4, 0.5) is 0 Å². The third-order valence-electron chi connectivity index (χ3n) is 1.87. The highest BCUT2D eigenvalue weighted by atomic mass is 16.5. The predicted octanol–water partition coefficient (Wildman–Crippen LogP) is 2.79. The molecule has 0 saturated heterocycles. The Labute approximate surface area is 74.4 Å². The van der Waals surface area contributed by atoms with Gasteiger partial charge in [-0.3, -0.25) is 0 Å². The van der Waals surface area contributed by atoms with Crippen LogP contribution in [0.15, 0.2) is 24.3 Å². The third-order valence-corrected chi connectivity index (χ3v) is 1.87. The summed E-state index contributed by atoms with van der Waals surface area (Å²) >= 11 is 0. The fraction of sp³-hybridized carbons (Fsp3) is 0.455. The zero-order valence-corrected chi connectivity index (χ0v) is 7.84. The van der Waals surface area contributed by atoms with Crippen LogP contribution in [0.1, 0.15) is 25.0 Å². The van der Waals surface area contributed by atoms with E-state index in [-0.39, 0.29) is 0 Å². The van der Waals surface area contributed by atoms with Crippen LogP contribution in [0.3, 0.4) is 0 Å². The van der Waals surface area contributed by atoms with Crippen LogP contribution in [-0.2, 0) is 17.8 Å². The van der Waals surface area contributed by atoms with Gasteiger partial charge >= 0.3 is 0 Å². The fourth-order valence-electron chi connectivity index (χ4n) is 1.16. The molecule has 1 aromatic rings. The monoisotopic (exact) mass is 164 g/mol. The lowest BCUT2D eigenvalue weighted by molar-refractivity contribution is 0.134. The van der Waals surface area contributed by atoms with Crippen molar-refractivity contribution in [2.24, 2.45) is 0 Å². The van der Waals surface area contributed by atoms with Crippen LogP contribution in [0.2, 0.25) is 0 Å². The van der Waals surface area contributed by atoms with Gasteiger partial charge in [-0.2, -0.15) is 0 Å². The summed E-state index contributed by atoms with van der Waals surface area (Å²) in [7, 11) is 0. The first-order valence-corrected chi connectivity index (χ1v) is 4.52. The third kappa shape index (κ3) is 2.67. The maximum Gasteiger partial charge on any atom is 0.0716 e. The smallest absolute Gasteiger partial charge is 0.0716 e. The van der Waals surface area contributed by atoms with Gasteiger partial charge in [0, 0.05) is 6.61 Å². The van der Waals surface area contributed by atoms with Crippen molar-refractivity contribution in [3.63, 3.8) is 0 Å². The number of rotatable bonds is 4. The first-order valence-electron chi connectivity index (χ1n) is 4.52. The van der Waals surface area contributed by atoms with Crippen molar-refractivity contribution < 1.29 is 4.74 Å². The second-order valence-electron chi connectivity index (χ2n) is 2.81. The highest BCUT2D eigenvalue weighted by Crippen LogP contribution is 2.06. The van der Waals surface area contributed by atoms with E-state index in [1.54, 1.807) is 0 Å². The average Bonchev–Trinajstić information content (AvgIpc) is 2.15. The highest BCUT2D eigenvalue weighted by molar-refractivity contribution is 5.22. The Morgan fingerprint density at radius 1 is 1.17 bits per heavy atom. The minimum absolute atomic E-state index is 0.740. The molecular formula is C11H16O. The predicted molar refractivity (Wildman–Crippen MR) is 51.2 cm³/mol. The van der Waals surface area contributed by atoms with Gasteiger partial charge in [-0.25, -0.2) is 0 Å². The van der Waals surface area contributed by atoms with Crippen LogP contribution in [-0.4, -0.2) is 6.61 Å². The van der Waals surface area contributed by atoms with Crippen LogP contribution >= 0.6 is 0 Å². The van der Waals surface area contributed by atoms with Gasteiger partial charge in [0.05, 0.1) is 6.61 Å². The van der Waals surface area contributed by atoms with Crippen molar-refractivity contribution in [2.45, 2.75) is 26.9 Å². The summed E-state index contributed by atoms with van der Waals surface area (Å²) in [5.41, 5.74) is 2.66. The molecule has 0 amide bonds. The lowest BCUT2D eigenvalue weighted by atomic mass is 10.1. The van der Waals surface area contributed by atoms with E-state index in [2.05, 4.69) is 31.2 Å². The Morgan fingerprint density at radius 2 is 1.92 bits per heavy atom. The second-order valence-corrected chi connectivity index (χ2v) is 2.81. The molecule has 1 heteroatoms. The van der Waals surface area contributed by atoms with Gasteiger partial charge in [0.2, 0.25) is 0 Å². The number of hydrogen-bond donors (Lipinski definition) is 0. The Hall–Kier alpha value is -0.820. The summed E-state index contributed by atoms with van der Waals surface area (Å²) in [5, 5.41) is 0. The number of benzene rings is 1. The second kappa shape index (κ2) is 4.94. The molecule has 0 fully saturated rings. The standard InChI is InChI=1S/C11H16O/c1-3-10-6-5-7-11(8-10)9-12-4-2/h5-8H,3-4,9H2,1-2H3. The molecule has 12 heavy (non-hydrogen) atoms. The summed E-state index contributed by atoms with van der Waals surface area (Å²) < 4.78 is 5.32. The molecule has 1 aromatic carbocycles. The van der Waals surface area contributed by atoms with Gasteiger partial charge < -0.3 is 4.74 Å². The Kier molecular flexibility index (Phi) is 3.81. The Bertz CT molecular complexity index is 230. The fourth-order valence-corrected chi connectivity index (χ4v) is 1.16. The molecule has 1 nitrogen and oxygen atoms in total. The first-order chi connectivity index (χ1) is 5.86. The van der Waals surface area contributed by atoms with Crippen molar-refractivity contribution in [3.05, 3.63) is 35.4 Å². The lowest BCUT2D eigenvalue weighted by Crippen LogP contribution is -1.92. The van der Waals surface area contributed by atoms with E-state index in [9.17, 15) is 0 Å². The Morgan fingerprint density at radius 3 is 2.58 bits per heavy atom. The number of aryl methyl sites for hydroxylation is 1. The molecule has 0 saturated carbocycles. The van der Waals surface area contributed by atoms with E-state index >= 15 is 0 Å². The van der Waals surface area contributed by atoms with Crippen molar-refractivity contribution in [1.82, 2.24) is 0 Å². The van der Waals surface area contributed by atoms with Gasteiger partial charge in [-0.05, 0) is 24.5 Å². The molecule has 0 aliphatic carbocycles. The normalized spacial score (nSPS) is 10.2. The molecule has 0 spiro atoms. The summed E-state index contributed by atoms with van der Waals surface area (Å²) in [6.45, 7) is 5.71. The van der Waals surface area contributed by atoms with Gasteiger partial charge in [0.25, 0.3) is 0 Å². The summed E-state index contributed by atoms with van der Waals surface area (Å²) in [6, 6.07) is 8.55. The van der Waals surface area contributed by atoms with Gasteiger partial charge in [-0.15, -0.1) is 0 Å². The topological polar surface area (TPSA) is 9.23 Å². The van der Waals surface area contributed by atoms with E-state index in [0.29, 0.717) is 0 Å². The number of ether oxygens (including phenoxy) is 1. The molecule has 0 aromatic heterocycles. The van der Waals surface area contributed by atoms with Crippen molar-refractivity contribution in [3.8, 4) is 0 Å². The number of hydrogen-bond acceptors (Lipinski definition) is 1. The van der Waals surface area contributed by atoms with Crippen LogP contribution in [0, 0.1) is 0 Å². The van der Waals surface area contributed by atoms with Gasteiger partial charge in [0.1, 0.15) is 0 Å². The summed E-state index contributed by atoms with van der Waals surface area (Å²) in [6.07, 6.45) is 1.10. The van der Waals surface area contributed by atoms with Crippen LogP contribution < -0.4 is 0 Å². The van der Waals surface area contributed by atoms with E-state index in [1.807, 2.05) is 6.92 Å². The van der Waals surface area contributed by atoms with Gasteiger partial charge in [-0.1, -0.05) is 31.2 Å². The molecule has 0 aliphatic rings. The zero-order valence-electron chi connectivity index (χ0n) is 7.84. The molecule has 0 radical (unpaired) electrons. The van der Waals surface area contributed by atoms with Crippen molar-refractivity contribution in [2.75, 3.05) is 6.61 Å². The molecule has 0 unspecified atom stereocenters. The Balaban J connectivity index is 2.60. The molecule has 66 valence electrons.